The highest BCUT2D eigenvalue weighted by Gasteiger charge is 2.08. The van der Waals surface area contributed by atoms with Crippen LogP contribution in [-0.2, 0) is 0 Å². The quantitative estimate of drug-likeness (QED) is 0.818. The van der Waals surface area contributed by atoms with Gasteiger partial charge in [0.1, 0.15) is 18.5 Å². The summed E-state index contributed by atoms with van der Waals surface area (Å²) in [5, 5.41) is 9.04. The standard InChI is InChI=1S/C9H9F3O2/c10-5-8(13)6-1-3-7(4-2-6)14-9(11)12/h1-4,8-9,13H,5H2. The monoisotopic (exact) mass is 206 g/mol. The number of benzene rings is 1. The van der Waals surface area contributed by atoms with E-state index in [0.29, 0.717) is 5.56 Å². The number of aliphatic hydroxyl groups is 1. The maximum Gasteiger partial charge on any atom is 0.387 e. The zero-order valence-corrected chi connectivity index (χ0v) is 7.16. The minimum Gasteiger partial charge on any atom is -0.435 e. The zero-order chi connectivity index (χ0) is 10.6. The van der Waals surface area contributed by atoms with Crippen LogP contribution in [0, 0.1) is 0 Å². The molecule has 0 aromatic heterocycles. The number of rotatable bonds is 4. The number of aliphatic hydroxyl groups excluding tert-OH is 1. The van der Waals surface area contributed by atoms with E-state index in [1.165, 1.54) is 24.3 Å². The predicted molar refractivity (Wildman–Crippen MR) is 44.0 cm³/mol. The summed E-state index contributed by atoms with van der Waals surface area (Å²) in [6, 6.07) is 5.17. The number of halogens is 3. The van der Waals surface area contributed by atoms with Crippen LogP contribution in [0.3, 0.4) is 0 Å². The van der Waals surface area contributed by atoms with E-state index >= 15 is 0 Å². The number of alkyl halides is 3. The first-order chi connectivity index (χ1) is 6.63. The van der Waals surface area contributed by atoms with Gasteiger partial charge in [-0.2, -0.15) is 8.78 Å². The van der Waals surface area contributed by atoms with Gasteiger partial charge in [-0.05, 0) is 17.7 Å². The molecule has 0 radical (unpaired) electrons. The van der Waals surface area contributed by atoms with Crippen LogP contribution in [0.2, 0.25) is 0 Å². The van der Waals surface area contributed by atoms with Crippen LogP contribution in [0.1, 0.15) is 11.7 Å². The molecular formula is C9H9F3O2. The molecule has 0 aliphatic heterocycles. The van der Waals surface area contributed by atoms with Gasteiger partial charge in [-0.1, -0.05) is 12.1 Å². The predicted octanol–water partition coefficient (Wildman–Crippen LogP) is 2.29. The Morgan fingerprint density at radius 2 is 1.79 bits per heavy atom. The van der Waals surface area contributed by atoms with Gasteiger partial charge >= 0.3 is 6.61 Å². The Bertz CT molecular complexity index is 274. The van der Waals surface area contributed by atoms with Gasteiger partial charge < -0.3 is 9.84 Å². The van der Waals surface area contributed by atoms with Crippen LogP contribution in [-0.4, -0.2) is 18.4 Å². The van der Waals surface area contributed by atoms with Gasteiger partial charge in [-0.3, -0.25) is 0 Å². The summed E-state index contributed by atoms with van der Waals surface area (Å²) in [6.07, 6.45) is -1.21. The molecule has 0 fully saturated rings. The Morgan fingerprint density at radius 3 is 2.21 bits per heavy atom. The fraction of sp³-hybridized carbons (Fsp3) is 0.333. The molecule has 0 aliphatic rings. The molecule has 1 rings (SSSR count). The molecule has 0 heterocycles. The normalized spacial score (nSPS) is 12.9. The van der Waals surface area contributed by atoms with Crippen LogP contribution in [0.25, 0.3) is 0 Å². The van der Waals surface area contributed by atoms with Gasteiger partial charge in [0.05, 0.1) is 0 Å². The number of ether oxygens (including phenoxy) is 1. The second-order valence-corrected chi connectivity index (χ2v) is 2.62. The van der Waals surface area contributed by atoms with Crippen molar-refractivity contribution in [3.05, 3.63) is 29.8 Å². The summed E-state index contributed by atoms with van der Waals surface area (Å²) in [5.41, 5.74) is 0.328. The number of hydrogen-bond donors (Lipinski definition) is 1. The first-order valence-electron chi connectivity index (χ1n) is 3.92. The largest absolute Gasteiger partial charge is 0.435 e. The van der Waals surface area contributed by atoms with E-state index in [1.54, 1.807) is 0 Å². The zero-order valence-electron chi connectivity index (χ0n) is 7.16. The molecule has 14 heavy (non-hydrogen) atoms. The van der Waals surface area contributed by atoms with Crippen molar-refractivity contribution in [3.63, 3.8) is 0 Å². The molecule has 5 heteroatoms. The molecule has 1 aromatic carbocycles. The van der Waals surface area contributed by atoms with Gasteiger partial charge in [0.15, 0.2) is 0 Å². The van der Waals surface area contributed by atoms with Crippen LogP contribution < -0.4 is 4.74 Å². The number of hydrogen-bond acceptors (Lipinski definition) is 2. The highest BCUT2D eigenvalue weighted by molar-refractivity contribution is 5.28. The first kappa shape index (κ1) is 10.8. The highest BCUT2D eigenvalue weighted by atomic mass is 19.3. The topological polar surface area (TPSA) is 29.5 Å². The van der Waals surface area contributed by atoms with Crippen LogP contribution >= 0.6 is 0 Å². The lowest BCUT2D eigenvalue weighted by Gasteiger charge is -2.08. The summed E-state index contributed by atoms with van der Waals surface area (Å²) >= 11 is 0. The molecular weight excluding hydrogens is 197 g/mol. The van der Waals surface area contributed by atoms with E-state index in [4.69, 9.17) is 5.11 Å². The molecule has 0 saturated carbocycles. The molecule has 0 saturated heterocycles. The maximum atomic E-state index is 12.0. The summed E-state index contributed by atoms with van der Waals surface area (Å²) < 4.78 is 39.5. The van der Waals surface area contributed by atoms with E-state index in [0.717, 1.165) is 0 Å². The molecule has 0 amide bonds. The minimum absolute atomic E-state index is 0.0187. The summed E-state index contributed by atoms with van der Waals surface area (Å²) in [4.78, 5) is 0. The molecule has 0 bridgehead atoms. The van der Waals surface area contributed by atoms with Gasteiger partial charge in [-0.15, -0.1) is 0 Å². The van der Waals surface area contributed by atoms with Crippen molar-refractivity contribution in [2.75, 3.05) is 6.67 Å². The second kappa shape index (κ2) is 4.85. The van der Waals surface area contributed by atoms with Gasteiger partial charge in [0.2, 0.25) is 0 Å². The average molecular weight is 206 g/mol. The van der Waals surface area contributed by atoms with Crippen LogP contribution in [0.15, 0.2) is 24.3 Å². The van der Waals surface area contributed by atoms with Crippen molar-refractivity contribution in [1.82, 2.24) is 0 Å². The van der Waals surface area contributed by atoms with Gasteiger partial charge in [0, 0.05) is 0 Å². The highest BCUT2D eigenvalue weighted by Crippen LogP contribution is 2.19. The molecule has 2 nitrogen and oxygen atoms in total. The fourth-order valence-corrected chi connectivity index (χ4v) is 0.961. The van der Waals surface area contributed by atoms with E-state index in [9.17, 15) is 13.2 Å². The Kier molecular flexibility index (Phi) is 3.76. The first-order valence-corrected chi connectivity index (χ1v) is 3.92. The van der Waals surface area contributed by atoms with E-state index in [1.807, 2.05) is 0 Å². The third-order valence-electron chi connectivity index (χ3n) is 1.64. The summed E-state index contributed by atoms with van der Waals surface area (Å²) in [7, 11) is 0. The lowest BCUT2D eigenvalue weighted by molar-refractivity contribution is -0.0498. The second-order valence-electron chi connectivity index (χ2n) is 2.62. The smallest absolute Gasteiger partial charge is 0.387 e. The van der Waals surface area contributed by atoms with Crippen molar-refractivity contribution in [1.29, 1.82) is 0 Å². The minimum atomic E-state index is -2.88. The van der Waals surface area contributed by atoms with Crippen molar-refractivity contribution in [2.45, 2.75) is 12.7 Å². The lowest BCUT2D eigenvalue weighted by Crippen LogP contribution is -2.03. The third kappa shape index (κ3) is 2.92. The lowest BCUT2D eigenvalue weighted by atomic mass is 10.1. The van der Waals surface area contributed by atoms with E-state index in [-0.39, 0.29) is 5.75 Å². The maximum absolute atomic E-state index is 12.0. The van der Waals surface area contributed by atoms with Crippen molar-refractivity contribution in [2.24, 2.45) is 0 Å². The Hall–Kier alpha value is -1.23. The van der Waals surface area contributed by atoms with Crippen molar-refractivity contribution < 1.29 is 23.0 Å². The SMILES string of the molecule is OC(CF)c1ccc(OC(F)F)cc1. The molecule has 78 valence electrons. The van der Waals surface area contributed by atoms with Crippen LogP contribution in [0.5, 0.6) is 5.75 Å². The van der Waals surface area contributed by atoms with Gasteiger partial charge in [0.25, 0.3) is 0 Å². The average Bonchev–Trinajstić information content (AvgIpc) is 2.17. The Morgan fingerprint density at radius 1 is 1.21 bits per heavy atom. The van der Waals surface area contributed by atoms with Crippen molar-refractivity contribution >= 4 is 0 Å². The Labute approximate surface area is 78.9 Å². The molecule has 0 aliphatic carbocycles. The van der Waals surface area contributed by atoms with E-state index < -0.39 is 19.4 Å². The van der Waals surface area contributed by atoms with Crippen LogP contribution in [0.4, 0.5) is 13.2 Å². The molecule has 1 aromatic rings. The Balaban J connectivity index is 2.68. The van der Waals surface area contributed by atoms with E-state index in [2.05, 4.69) is 4.74 Å². The summed E-state index contributed by atoms with van der Waals surface area (Å²) in [6.45, 7) is -3.79. The third-order valence-corrected chi connectivity index (χ3v) is 1.64. The molecule has 0 spiro atoms. The fourth-order valence-electron chi connectivity index (χ4n) is 0.961. The van der Waals surface area contributed by atoms with Crippen molar-refractivity contribution in [3.8, 4) is 5.75 Å². The van der Waals surface area contributed by atoms with Gasteiger partial charge in [-0.25, -0.2) is 4.39 Å². The summed E-state index contributed by atoms with van der Waals surface area (Å²) in [5.74, 6) is -0.0187. The molecule has 1 N–H and O–H groups in total. The molecule has 1 atom stereocenters. The molecule has 1 unspecified atom stereocenters.